The van der Waals surface area contributed by atoms with Gasteiger partial charge < -0.3 is 0 Å². The molecular weight excluding hydrogens is 294 g/mol. The van der Waals surface area contributed by atoms with Crippen LogP contribution in [0.2, 0.25) is 10.0 Å². The van der Waals surface area contributed by atoms with Gasteiger partial charge in [0.15, 0.2) is 0 Å². The molecule has 0 aliphatic rings. The van der Waals surface area contributed by atoms with Crippen LogP contribution in [0.4, 0.5) is 0 Å². The summed E-state index contributed by atoms with van der Waals surface area (Å²) in [6.45, 7) is 19.0. The van der Waals surface area contributed by atoms with Crippen molar-refractivity contribution in [3.8, 4) is 0 Å². The zero-order valence-electron chi connectivity index (χ0n) is 15.0. The Bertz CT molecular complexity index is 396. The molecule has 0 fully saturated rings. The average molecular weight is 327 g/mol. The van der Waals surface area contributed by atoms with E-state index in [-0.39, 0.29) is 0 Å². The summed E-state index contributed by atoms with van der Waals surface area (Å²) in [7, 11) is 0. The van der Waals surface area contributed by atoms with Crippen molar-refractivity contribution in [2.75, 3.05) is 0 Å². The molecule has 0 saturated heterocycles. The van der Waals surface area contributed by atoms with Crippen molar-refractivity contribution in [1.82, 2.24) is 0 Å². The molecule has 0 atom stereocenters. The Kier molecular flexibility index (Phi) is 6.92. The van der Waals surface area contributed by atoms with Gasteiger partial charge in [0, 0.05) is 0 Å². The van der Waals surface area contributed by atoms with Gasteiger partial charge in [-0.05, 0) is 0 Å². The molecule has 0 aliphatic carbocycles. The second-order valence-electron chi connectivity index (χ2n) is 7.50. The Labute approximate surface area is 132 Å². The molecule has 0 aliphatic heterocycles. The molecule has 0 unspecified atom stereocenters. The molecule has 0 nitrogen and oxygen atoms in total. The molecule has 20 heavy (non-hydrogen) atoms. The quantitative estimate of drug-likeness (QED) is 0.548. The summed E-state index contributed by atoms with van der Waals surface area (Å²) in [6.07, 6.45) is 0. The average Bonchev–Trinajstić information content (AvgIpc) is 2.39. The fourth-order valence-electron chi connectivity index (χ4n) is 3.54. The van der Waals surface area contributed by atoms with Crippen LogP contribution in [0.3, 0.4) is 0 Å². The number of rotatable bonds is 6. The van der Waals surface area contributed by atoms with Crippen LogP contribution < -0.4 is 4.16 Å². The fraction of sp³-hybridized carbons (Fsp3) is 0.684. The minimum absolute atomic E-state index is 0.635. The SMILES string of the molecule is C[CH2][Zn]([CH2]C)[c]1c(C(C)C)cc(C(C)C)cc1C(C)C. The normalized spacial score (nSPS) is 11.8. The van der Waals surface area contributed by atoms with Gasteiger partial charge in [-0.3, -0.25) is 0 Å². The second kappa shape index (κ2) is 7.74. The third kappa shape index (κ3) is 3.94. The first-order valence-corrected chi connectivity index (χ1v) is 14.4. The predicted molar refractivity (Wildman–Crippen MR) is 89.3 cm³/mol. The molecule has 0 bridgehead atoms. The Morgan fingerprint density at radius 3 is 1.40 bits per heavy atom. The number of hydrogen-bond donors (Lipinski definition) is 0. The van der Waals surface area contributed by atoms with Crippen LogP contribution in [-0.2, 0) is 16.0 Å². The fourth-order valence-corrected chi connectivity index (χ4v) is 11.7. The molecule has 1 aromatic rings. The molecule has 0 radical (unpaired) electrons. The molecule has 111 valence electrons. The summed E-state index contributed by atoms with van der Waals surface area (Å²) >= 11 is -1.55. The van der Waals surface area contributed by atoms with Crippen LogP contribution in [0, 0.1) is 0 Å². The van der Waals surface area contributed by atoms with Crippen molar-refractivity contribution in [1.29, 1.82) is 0 Å². The van der Waals surface area contributed by atoms with Gasteiger partial charge >= 0.3 is 132 Å². The molecular formula is C19H33Zn. The predicted octanol–water partition coefficient (Wildman–Crippen LogP) is 6.18. The zero-order chi connectivity index (χ0) is 15.4. The Hall–Kier alpha value is -0.157. The molecule has 1 aromatic carbocycles. The molecule has 0 N–H and O–H groups in total. The maximum atomic E-state index is 2.53. The summed E-state index contributed by atoms with van der Waals surface area (Å²) in [6, 6.07) is 5.07. The summed E-state index contributed by atoms with van der Waals surface area (Å²) < 4.78 is 1.87. The van der Waals surface area contributed by atoms with Crippen molar-refractivity contribution in [3.05, 3.63) is 28.8 Å². The van der Waals surface area contributed by atoms with E-state index in [1.165, 1.54) is 15.6 Å². The Morgan fingerprint density at radius 2 is 1.15 bits per heavy atom. The van der Waals surface area contributed by atoms with Crippen LogP contribution in [0.5, 0.6) is 0 Å². The monoisotopic (exact) mass is 325 g/mol. The Balaban J connectivity index is 3.58. The minimum atomic E-state index is -1.55. The van der Waals surface area contributed by atoms with E-state index in [1.54, 1.807) is 11.1 Å². The molecule has 0 saturated carbocycles. The molecule has 1 rings (SSSR count). The number of hydrogen-bond acceptors (Lipinski definition) is 0. The second-order valence-corrected chi connectivity index (χ2v) is 16.8. The van der Waals surface area contributed by atoms with E-state index in [2.05, 4.69) is 67.5 Å². The van der Waals surface area contributed by atoms with E-state index < -0.39 is 16.0 Å². The van der Waals surface area contributed by atoms with E-state index >= 15 is 0 Å². The van der Waals surface area contributed by atoms with Gasteiger partial charge in [0.25, 0.3) is 0 Å². The van der Waals surface area contributed by atoms with Gasteiger partial charge in [0.1, 0.15) is 0 Å². The summed E-state index contributed by atoms with van der Waals surface area (Å²) in [5.41, 5.74) is 4.91. The Morgan fingerprint density at radius 1 is 0.750 bits per heavy atom. The van der Waals surface area contributed by atoms with Crippen LogP contribution in [0.15, 0.2) is 12.1 Å². The molecule has 0 heterocycles. The van der Waals surface area contributed by atoms with Gasteiger partial charge in [0.05, 0.1) is 0 Å². The topological polar surface area (TPSA) is 0 Å². The summed E-state index contributed by atoms with van der Waals surface area (Å²) in [4.78, 5) is 0. The van der Waals surface area contributed by atoms with E-state index in [0.29, 0.717) is 17.8 Å². The number of benzene rings is 1. The van der Waals surface area contributed by atoms with Crippen molar-refractivity contribution in [3.63, 3.8) is 0 Å². The molecule has 0 spiro atoms. The van der Waals surface area contributed by atoms with E-state index in [0.717, 1.165) is 0 Å². The van der Waals surface area contributed by atoms with Crippen LogP contribution in [0.1, 0.15) is 89.8 Å². The standard InChI is InChI=1S/C15H23.2C2H5.Zn/c1-10(2)13-7-14(11(3)4)9-15(8-13)12(5)6;2*1-2;/h7-8,10-12H,1-6H3;2*1H2,2H3;. The first kappa shape index (κ1) is 17.9. The van der Waals surface area contributed by atoms with Gasteiger partial charge in [-0.1, -0.05) is 0 Å². The van der Waals surface area contributed by atoms with Gasteiger partial charge in [-0.25, -0.2) is 0 Å². The summed E-state index contributed by atoms with van der Waals surface area (Å²) in [5.74, 6) is 1.96. The van der Waals surface area contributed by atoms with Crippen molar-refractivity contribution < 1.29 is 16.0 Å². The van der Waals surface area contributed by atoms with Gasteiger partial charge in [-0.2, -0.15) is 0 Å². The van der Waals surface area contributed by atoms with E-state index in [4.69, 9.17) is 0 Å². The van der Waals surface area contributed by atoms with E-state index in [9.17, 15) is 0 Å². The molecule has 0 amide bonds. The third-order valence-corrected chi connectivity index (χ3v) is 13.8. The van der Waals surface area contributed by atoms with Crippen molar-refractivity contribution in [2.45, 2.75) is 83.2 Å². The van der Waals surface area contributed by atoms with Crippen LogP contribution >= 0.6 is 0 Å². The van der Waals surface area contributed by atoms with Gasteiger partial charge in [-0.15, -0.1) is 0 Å². The van der Waals surface area contributed by atoms with Crippen LogP contribution in [0.25, 0.3) is 0 Å². The van der Waals surface area contributed by atoms with Crippen LogP contribution in [-0.4, -0.2) is 0 Å². The van der Waals surface area contributed by atoms with Crippen molar-refractivity contribution in [2.24, 2.45) is 0 Å². The summed E-state index contributed by atoms with van der Waals surface area (Å²) in [5, 5.41) is 2.91. The van der Waals surface area contributed by atoms with Gasteiger partial charge in [0.2, 0.25) is 0 Å². The zero-order valence-corrected chi connectivity index (χ0v) is 18.0. The first-order valence-electron chi connectivity index (χ1n) is 8.75. The maximum absolute atomic E-state index is 2.53. The molecule has 0 aromatic heterocycles. The third-order valence-electron chi connectivity index (χ3n) is 4.96. The van der Waals surface area contributed by atoms with Crippen molar-refractivity contribution >= 4 is 4.16 Å². The molecule has 1 heteroatoms. The first-order chi connectivity index (χ1) is 9.33. The van der Waals surface area contributed by atoms with E-state index in [1.807, 2.05) is 4.16 Å².